The summed E-state index contributed by atoms with van der Waals surface area (Å²) in [7, 11) is 0. The molecule has 1 heterocycles. The number of hydrogen-bond donors (Lipinski definition) is 3. The molecule has 4 aromatic rings. The van der Waals surface area contributed by atoms with Gasteiger partial charge in [0.1, 0.15) is 0 Å². The Balaban J connectivity index is 1.55. The Bertz CT molecular complexity index is 1270. The number of aryl methyl sites for hydroxylation is 3. The summed E-state index contributed by atoms with van der Waals surface area (Å²) in [4.78, 5) is 20.9. The third-order valence-electron chi connectivity index (χ3n) is 5.43. The number of amides is 1. The first-order valence-electron chi connectivity index (χ1n) is 10.8. The molecule has 3 N–H and O–H groups in total. The summed E-state index contributed by atoms with van der Waals surface area (Å²) in [5, 5.41) is 7.48. The molecule has 0 aliphatic heterocycles. The maximum absolute atomic E-state index is 12.9. The van der Waals surface area contributed by atoms with E-state index in [4.69, 9.17) is 4.99 Å². The fourth-order valence-corrected chi connectivity index (χ4v) is 3.92. The Morgan fingerprint density at radius 1 is 0.938 bits per heavy atom. The van der Waals surface area contributed by atoms with Crippen LogP contribution < -0.4 is 10.6 Å². The van der Waals surface area contributed by atoms with E-state index in [9.17, 15) is 4.79 Å². The Kier molecular flexibility index (Phi) is 6.36. The summed E-state index contributed by atoms with van der Waals surface area (Å²) in [6.45, 7) is 6.58. The molecule has 4 rings (SSSR count). The summed E-state index contributed by atoms with van der Waals surface area (Å²) in [6, 6.07) is 22.0. The molecule has 0 atom stereocenters. The molecule has 3 aromatic carbocycles. The van der Waals surface area contributed by atoms with Crippen LogP contribution in [0.25, 0.3) is 10.9 Å². The van der Waals surface area contributed by atoms with Crippen molar-refractivity contribution in [3.8, 4) is 0 Å². The van der Waals surface area contributed by atoms with Crippen molar-refractivity contribution in [2.45, 2.75) is 27.2 Å². The highest BCUT2D eigenvalue weighted by Gasteiger charge is 2.12. The van der Waals surface area contributed by atoms with Crippen molar-refractivity contribution in [3.05, 3.63) is 101 Å². The number of fused-ring (bicyclic) bond motifs is 1. The summed E-state index contributed by atoms with van der Waals surface area (Å²) < 4.78 is 0. The fraction of sp³-hybridized carbons (Fsp3) is 0.185. The van der Waals surface area contributed by atoms with E-state index < -0.39 is 0 Å². The highest BCUT2D eigenvalue weighted by atomic mass is 16.1. The predicted octanol–water partition coefficient (Wildman–Crippen LogP) is 5.53. The van der Waals surface area contributed by atoms with Gasteiger partial charge in [-0.15, -0.1) is 0 Å². The number of aromatic nitrogens is 1. The van der Waals surface area contributed by atoms with Crippen LogP contribution in [0.3, 0.4) is 0 Å². The Morgan fingerprint density at radius 2 is 1.66 bits per heavy atom. The van der Waals surface area contributed by atoms with Crippen LogP contribution in [0.2, 0.25) is 0 Å². The van der Waals surface area contributed by atoms with Crippen LogP contribution in [0.5, 0.6) is 0 Å². The molecule has 0 aliphatic carbocycles. The zero-order chi connectivity index (χ0) is 22.5. The van der Waals surface area contributed by atoms with Gasteiger partial charge in [-0.25, -0.2) is 0 Å². The number of rotatable bonds is 5. The van der Waals surface area contributed by atoms with Crippen molar-refractivity contribution in [1.82, 2.24) is 10.3 Å². The van der Waals surface area contributed by atoms with Gasteiger partial charge in [0.05, 0.1) is 0 Å². The number of aliphatic imine (C=N–C) groups is 1. The van der Waals surface area contributed by atoms with E-state index in [-0.39, 0.29) is 5.91 Å². The van der Waals surface area contributed by atoms with Gasteiger partial charge < -0.3 is 10.3 Å². The van der Waals surface area contributed by atoms with E-state index in [1.807, 2.05) is 61.7 Å². The molecule has 5 heteroatoms. The normalized spacial score (nSPS) is 11.5. The van der Waals surface area contributed by atoms with Crippen LogP contribution in [0.1, 0.15) is 32.6 Å². The van der Waals surface area contributed by atoms with Gasteiger partial charge >= 0.3 is 0 Å². The number of carbonyl (C=O) groups excluding carboxylic acids is 1. The molecule has 5 nitrogen and oxygen atoms in total. The van der Waals surface area contributed by atoms with Gasteiger partial charge in [0.15, 0.2) is 0 Å². The van der Waals surface area contributed by atoms with E-state index >= 15 is 0 Å². The van der Waals surface area contributed by atoms with Crippen LogP contribution in [0, 0.1) is 20.8 Å². The van der Waals surface area contributed by atoms with Gasteiger partial charge in [-0.05, 0) is 73.7 Å². The van der Waals surface area contributed by atoms with Gasteiger partial charge in [-0.1, -0.05) is 42.5 Å². The zero-order valence-corrected chi connectivity index (χ0v) is 18.7. The van der Waals surface area contributed by atoms with Crippen molar-refractivity contribution < 1.29 is 4.79 Å². The van der Waals surface area contributed by atoms with Crippen LogP contribution in [-0.4, -0.2) is 23.4 Å². The molecule has 1 amide bonds. The number of hydrogen-bond acceptors (Lipinski definition) is 2. The molecular weight excluding hydrogens is 396 g/mol. The van der Waals surface area contributed by atoms with Crippen molar-refractivity contribution in [2.75, 3.05) is 11.9 Å². The second kappa shape index (κ2) is 9.52. The first kappa shape index (κ1) is 21.4. The van der Waals surface area contributed by atoms with Crippen molar-refractivity contribution >= 4 is 28.5 Å². The smallest absolute Gasteiger partial charge is 0.258 e. The van der Waals surface area contributed by atoms with Gasteiger partial charge in [0.2, 0.25) is 5.96 Å². The molecule has 0 saturated carbocycles. The zero-order valence-electron chi connectivity index (χ0n) is 18.7. The SMILES string of the molecule is Cc1cc(C)cc(NC(=NCCc2c[nH]c3ccccc23)NC(=O)c2ccccc2C)c1. The number of anilines is 1. The summed E-state index contributed by atoms with van der Waals surface area (Å²) in [6.07, 6.45) is 2.80. The topological polar surface area (TPSA) is 69.3 Å². The number of H-pyrrole nitrogens is 1. The van der Waals surface area contributed by atoms with Crippen molar-refractivity contribution in [2.24, 2.45) is 4.99 Å². The maximum Gasteiger partial charge on any atom is 0.258 e. The molecule has 0 saturated heterocycles. The molecule has 0 spiro atoms. The highest BCUT2D eigenvalue weighted by Crippen LogP contribution is 2.18. The molecule has 1 aromatic heterocycles. The number of benzene rings is 3. The number of aromatic amines is 1. The van der Waals surface area contributed by atoms with Gasteiger partial charge in [-0.3, -0.25) is 15.1 Å². The molecule has 32 heavy (non-hydrogen) atoms. The molecule has 0 aliphatic rings. The van der Waals surface area contributed by atoms with Crippen LogP contribution in [0.15, 0.2) is 77.9 Å². The predicted molar refractivity (Wildman–Crippen MR) is 132 cm³/mol. The lowest BCUT2D eigenvalue weighted by Gasteiger charge is -2.14. The summed E-state index contributed by atoms with van der Waals surface area (Å²) in [5.41, 5.74) is 7.09. The highest BCUT2D eigenvalue weighted by molar-refractivity contribution is 6.10. The Morgan fingerprint density at radius 3 is 2.44 bits per heavy atom. The molecule has 162 valence electrons. The number of nitrogens with zero attached hydrogens (tertiary/aromatic N) is 1. The standard InChI is InChI=1S/C27H28N4O/c1-18-14-19(2)16-22(15-18)30-27(31-26(32)23-9-5-4-8-20(23)3)28-13-12-21-17-29-25-11-7-6-10-24(21)25/h4-11,14-17,29H,12-13H2,1-3H3,(H2,28,30,31,32). The number of para-hydroxylation sites is 1. The Hall–Kier alpha value is -3.86. The van der Waals surface area contributed by atoms with E-state index in [1.165, 1.54) is 10.9 Å². The summed E-state index contributed by atoms with van der Waals surface area (Å²) in [5.74, 6) is 0.272. The van der Waals surface area contributed by atoms with E-state index in [0.29, 0.717) is 18.1 Å². The monoisotopic (exact) mass is 424 g/mol. The van der Waals surface area contributed by atoms with Gasteiger partial charge in [0.25, 0.3) is 5.91 Å². The van der Waals surface area contributed by atoms with Gasteiger partial charge in [0, 0.05) is 34.9 Å². The Labute approximate surface area is 188 Å². The minimum absolute atomic E-state index is 0.175. The third-order valence-corrected chi connectivity index (χ3v) is 5.43. The first-order chi connectivity index (χ1) is 15.5. The number of guanidine groups is 1. The van der Waals surface area contributed by atoms with Gasteiger partial charge in [-0.2, -0.15) is 0 Å². The van der Waals surface area contributed by atoms with Crippen molar-refractivity contribution in [3.63, 3.8) is 0 Å². The molecule has 0 fully saturated rings. The minimum atomic E-state index is -0.175. The third kappa shape index (κ3) is 5.06. The summed E-state index contributed by atoms with van der Waals surface area (Å²) >= 11 is 0. The van der Waals surface area contributed by atoms with E-state index in [1.54, 1.807) is 0 Å². The van der Waals surface area contributed by atoms with Crippen LogP contribution in [0.4, 0.5) is 5.69 Å². The first-order valence-corrected chi connectivity index (χ1v) is 10.8. The second-order valence-corrected chi connectivity index (χ2v) is 8.11. The quantitative estimate of drug-likeness (QED) is 0.291. The lowest BCUT2D eigenvalue weighted by molar-refractivity contribution is 0.0976. The largest absolute Gasteiger partial charge is 0.361 e. The number of carbonyl (C=O) groups is 1. The second-order valence-electron chi connectivity index (χ2n) is 8.11. The van der Waals surface area contributed by atoms with E-state index in [2.05, 4.69) is 47.7 Å². The average Bonchev–Trinajstić information content (AvgIpc) is 3.16. The lowest BCUT2D eigenvalue weighted by atomic mass is 10.1. The lowest BCUT2D eigenvalue weighted by Crippen LogP contribution is -2.36. The van der Waals surface area contributed by atoms with Crippen LogP contribution >= 0.6 is 0 Å². The number of nitrogens with one attached hydrogen (secondary N) is 3. The molecule has 0 radical (unpaired) electrons. The maximum atomic E-state index is 12.9. The molecule has 0 unspecified atom stereocenters. The average molecular weight is 425 g/mol. The molecular formula is C27H28N4O. The van der Waals surface area contributed by atoms with Crippen molar-refractivity contribution in [1.29, 1.82) is 0 Å². The molecule has 0 bridgehead atoms. The van der Waals surface area contributed by atoms with E-state index in [0.717, 1.165) is 34.3 Å². The minimum Gasteiger partial charge on any atom is -0.361 e. The van der Waals surface area contributed by atoms with Crippen LogP contribution in [-0.2, 0) is 6.42 Å². The fourth-order valence-electron chi connectivity index (χ4n) is 3.92.